The SMILES string of the molecule is Cc1ccc(S(=O)(=O)N2CCN(C(=O)Cc3ccccc3C)CC2)cc1. The standard InChI is InChI=1S/C20H24N2O3S/c1-16-7-9-19(10-8-16)26(24,25)22-13-11-21(12-14-22)20(23)15-18-6-4-3-5-17(18)2/h3-10H,11-15H2,1-2H3. The summed E-state index contributed by atoms with van der Waals surface area (Å²) < 4.78 is 26.9. The lowest BCUT2D eigenvalue weighted by molar-refractivity contribution is -0.131. The van der Waals surface area contributed by atoms with Gasteiger partial charge in [0.25, 0.3) is 0 Å². The Kier molecular flexibility index (Phi) is 5.44. The first-order valence-corrected chi connectivity index (χ1v) is 10.2. The third-order valence-corrected chi connectivity index (χ3v) is 6.77. The predicted molar refractivity (Wildman–Crippen MR) is 101 cm³/mol. The summed E-state index contributed by atoms with van der Waals surface area (Å²) in [6, 6.07) is 14.7. The second kappa shape index (κ2) is 7.60. The van der Waals surface area contributed by atoms with Crippen LogP contribution in [-0.2, 0) is 21.2 Å². The van der Waals surface area contributed by atoms with Gasteiger partial charge in [-0.3, -0.25) is 4.79 Å². The molecule has 0 aliphatic carbocycles. The van der Waals surface area contributed by atoms with Crippen molar-refractivity contribution in [3.8, 4) is 0 Å². The summed E-state index contributed by atoms with van der Waals surface area (Å²) in [6.07, 6.45) is 0.359. The van der Waals surface area contributed by atoms with Gasteiger partial charge in [-0.05, 0) is 37.1 Å². The molecule has 1 fully saturated rings. The van der Waals surface area contributed by atoms with Crippen LogP contribution in [0.25, 0.3) is 0 Å². The number of hydrogen-bond acceptors (Lipinski definition) is 3. The Labute approximate surface area is 155 Å². The van der Waals surface area contributed by atoms with Gasteiger partial charge in [0, 0.05) is 26.2 Å². The van der Waals surface area contributed by atoms with E-state index >= 15 is 0 Å². The van der Waals surface area contributed by atoms with E-state index in [9.17, 15) is 13.2 Å². The van der Waals surface area contributed by atoms with E-state index in [-0.39, 0.29) is 5.91 Å². The van der Waals surface area contributed by atoms with E-state index in [2.05, 4.69) is 0 Å². The number of nitrogens with zero attached hydrogens (tertiary/aromatic N) is 2. The van der Waals surface area contributed by atoms with Gasteiger partial charge in [-0.2, -0.15) is 4.31 Å². The fraction of sp³-hybridized carbons (Fsp3) is 0.350. The lowest BCUT2D eigenvalue weighted by Crippen LogP contribution is -2.50. The van der Waals surface area contributed by atoms with Crippen LogP contribution in [0.5, 0.6) is 0 Å². The highest BCUT2D eigenvalue weighted by Gasteiger charge is 2.30. The Morgan fingerprint density at radius 1 is 0.923 bits per heavy atom. The Morgan fingerprint density at radius 3 is 2.15 bits per heavy atom. The van der Waals surface area contributed by atoms with Crippen molar-refractivity contribution in [3.05, 3.63) is 65.2 Å². The number of hydrogen-bond donors (Lipinski definition) is 0. The molecule has 0 aromatic heterocycles. The summed E-state index contributed by atoms with van der Waals surface area (Å²) in [5.41, 5.74) is 3.14. The number of aryl methyl sites for hydroxylation is 2. The minimum absolute atomic E-state index is 0.0479. The van der Waals surface area contributed by atoms with Crippen LogP contribution in [0, 0.1) is 13.8 Å². The van der Waals surface area contributed by atoms with Crippen LogP contribution < -0.4 is 0 Å². The highest BCUT2D eigenvalue weighted by atomic mass is 32.2. The van der Waals surface area contributed by atoms with E-state index in [1.54, 1.807) is 29.2 Å². The zero-order chi connectivity index (χ0) is 18.7. The fourth-order valence-electron chi connectivity index (χ4n) is 3.12. The summed E-state index contributed by atoms with van der Waals surface area (Å²) in [6.45, 7) is 5.43. The van der Waals surface area contributed by atoms with Crippen LogP contribution in [0.4, 0.5) is 0 Å². The molecule has 1 aliphatic rings. The van der Waals surface area contributed by atoms with E-state index in [0.717, 1.165) is 16.7 Å². The molecular formula is C20H24N2O3S. The average molecular weight is 372 g/mol. The molecule has 1 aliphatic heterocycles. The number of benzene rings is 2. The highest BCUT2D eigenvalue weighted by molar-refractivity contribution is 7.89. The molecule has 5 nitrogen and oxygen atoms in total. The zero-order valence-electron chi connectivity index (χ0n) is 15.2. The molecule has 0 atom stereocenters. The first-order chi connectivity index (χ1) is 12.4. The molecule has 0 radical (unpaired) electrons. The minimum atomic E-state index is -3.50. The van der Waals surface area contributed by atoms with E-state index in [4.69, 9.17) is 0 Å². The monoisotopic (exact) mass is 372 g/mol. The van der Waals surface area contributed by atoms with Crippen molar-refractivity contribution >= 4 is 15.9 Å². The van der Waals surface area contributed by atoms with Crippen molar-refractivity contribution in [2.45, 2.75) is 25.2 Å². The smallest absolute Gasteiger partial charge is 0.243 e. The number of piperazine rings is 1. The van der Waals surface area contributed by atoms with Gasteiger partial charge in [0.15, 0.2) is 0 Å². The Balaban J connectivity index is 1.62. The molecule has 0 bridgehead atoms. The van der Waals surface area contributed by atoms with Crippen molar-refractivity contribution in [1.29, 1.82) is 0 Å². The van der Waals surface area contributed by atoms with E-state index < -0.39 is 10.0 Å². The highest BCUT2D eigenvalue weighted by Crippen LogP contribution is 2.19. The largest absolute Gasteiger partial charge is 0.340 e. The van der Waals surface area contributed by atoms with Crippen LogP contribution in [0.3, 0.4) is 0 Å². The Bertz CT molecular complexity index is 884. The number of sulfonamides is 1. The molecule has 2 aromatic carbocycles. The lowest BCUT2D eigenvalue weighted by Gasteiger charge is -2.34. The van der Waals surface area contributed by atoms with Gasteiger partial charge in [0.2, 0.25) is 15.9 Å². The van der Waals surface area contributed by atoms with Gasteiger partial charge in [-0.1, -0.05) is 42.0 Å². The van der Waals surface area contributed by atoms with Crippen LogP contribution in [0.2, 0.25) is 0 Å². The molecule has 0 N–H and O–H groups in total. The van der Waals surface area contributed by atoms with Crippen LogP contribution in [0.15, 0.2) is 53.4 Å². The average Bonchev–Trinajstić information content (AvgIpc) is 2.64. The van der Waals surface area contributed by atoms with Gasteiger partial charge in [-0.15, -0.1) is 0 Å². The summed E-state index contributed by atoms with van der Waals surface area (Å²) in [5.74, 6) is 0.0479. The number of amides is 1. The van der Waals surface area contributed by atoms with Gasteiger partial charge < -0.3 is 4.90 Å². The summed E-state index contributed by atoms with van der Waals surface area (Å²) in [5, 5.41) is 0. The van der Waals surface area contributed by atoms with Crippen molar-refractivity contribution in [2.24, 2.45) is 0 Å². The summed E-state index contributed by atoms with van der Waals surface area (Å²) in [4.78, 5) is 14.6. The third-order valence-electron chi connectivity index (χ3n) is 4.85. The Hall–Kier alpha value is -2.18. The van der Waals surface area contributed by atoms with E-state index in [0.29, 0.717) is 37.5 Å². The molecule has 6 heteroatoms. The number of carbonyl (C=O) groups is 1. The second-order valence-corrected chi connectivity index (χ2v) is 8.64. The van der Waals surface area contributed by atoms with Crippen molar-refractivity contribution < 1.29 is 13.2 Å². The van der Waals surface area contributed by atoms with E-state index in [1.807, 2.05) is 38.1 Å². The molecule has 1 saturated heterocycles. The number of rotatable bonds is 4. The van der Waals surface area contributed by atoms with Gasteiger partial charge in [0.1, 0.15) is 0 Å². The third kappa shape index (κ3) is 3.97. The maximum Gasteiger partial charge on any atom is 0.243 e. The molecule has 138 valence electrons. The summed E-state index contributed by atoms with van der Waals surface area (Å²) >= 11 is 0. The quantitative estimate of drug-likeness (QED) is 0.828. The van der Waals surface area contributed by atoms with Crippen molar-refractivity contribution in [3.63, 3.8) is 0 Å². The Morgan fingerprint density at radius 2 is 1.54 bits per heavy atom. The lowest BCUT2D eigenvalue weighted by atomic mass is 10.1. The minimum Gasteiger partial charge on any atom is -0.340 e. The van der Waals surface area contributed by atoms with Crippen LogP contribution in [0.1, 0.15) is 16.7 Å². The molecule has 26 heavy (non-hydrogen) atoms. The maximum atomic E-state index is 12.7. The maximum absolute atomic E-state index is 12.7. The molecule has 3 rings (SSSR count). The zero-order valence-corrected chi connectivity index (χ0v) is 16.0. The van der Waals surface area contributed by atoms with Crippen molar-refractivity contribution in [1.82, 2.24) is 9.21 Å². The molecule has 2 aromatic rings. The topological polar surface area (TPSA) is 57.7 Å². The van der Waals surface area contributed by atoms with Gasteiger partial charge in [-0.25, -0.2) is 8.42 Å². The molecule has 1 amide bonds. The molecular weight excluding hydrogens is 348 g/mol. The molecule has 1 heterocycles. The molecule has 0 saturated carbocycles. The van der Waals surface area contributed by atoms with Crippen LogP contribution in [-0.4, -0.2) is 49.7 Å². The van der Waals surface area contributed by atoms with E-state index in [1.165, 1.54) is 4.31 Å². The molecule has 0 unspecified atom stereocenters. The second-order valence-electron chi connectivity index (χ2n) is 6.70. The normalized spacial score (nSPS) is 15.8. The first kappa shape index (κ1) is 18.6. The first-order valence-electron chi connectivity index (χ1n) is 8.77. The predicted octanol–water partition coefficient (Wildman–Crippen LogP) is 2.38. The number of carbonyl (C=O) groups excluding carboxylic acids is 1. The van der Waals surface area contributed by atoms with Crippen molar-refractivity contribution in [2.75, 3.05) is 26.2 Å². The van der Waals surface area contributed by atoms with Gasteiger partial charge in [0.05, 0.1) is 11.3 Å². The summed E-state index contributed by atoms with van der Waals surface area (Å²) in [7, 11) is -3.50. The van der Waals surface area contributed by atoms with Gasteiger partial charge >= 0.3 is 0 Å². The fourth-order valence-corrected chi connectivity index (χ4v) is 4.54. The van der Waals surface area contributed by atoms with Crippen LogP contribution >= 0.6 is 0 Å². The molecule has 0 spiro atoms.